The van der Waals surface area contributed by atoms with Crippen molar-refractivity contribution in [2.75, 3.05) is 20.8 Å². The quantitative estimate of drug-likeness (QED) is 0.769. The summed E-state index contributed by atoms with van der Waals surface area (Å²) in [5.41, 5.74) is 2.68. The first-order valence-electron chi connectivity index (χ1n) is 8.81. The number of nitrogens with zero attached hydrogens (tertiary/aromatic N) is 1. The first-order chi connectivity index (χ1) is 12.7. The van der Waals surface area contributed by atoms with Crippen LogP contribution in [0.2, 0.25) is 0 Å². The summed E-state index contributed by atoms with van der Waals surface area (Å²) in [4.78, 5) is 18.3. The molecule has 1 amide bonds. The van der Waals surface area contributed by atoms with E-state index in [9.17, 15) is 4.79 Å². The molecule has 0 aliphatic carbocycles. The van der Waals surface area contributed by atoms with Gasteiger partial charge in [-0.15, -0.1) is 0 Å². The maximum Gasteiger partial charge on any atom is 0.270 e. The van der Waals surface area contributed by atoms with Gasteiger partial charge in [0.15, 0.2) is 0 Å². The Morgan fingerprint density at radius 3 is 2.50 bits per heavy atom. The molecule has 0 radical (unpaired) electrons. The summed E-state index contributed by atoms with van der Waals surface area (Å²) in [5.74, 6) is 1.64. The van der Waals surface area contributed by atoms with Gasteiger partial charge < -0.3 is 19.4 Å². The number of aromatic nitrogens is 1. The minimum atomic E-state index is 0.0403. The lowest BCUT2D eigenvalue weighted by Gasteiger charge is -2.24. The summed E-state index contributed by atoms with van der Waals surface area (Å²) in [6, 6.07) is 15.8. The van der Waals surface area contributed by atoms with Crippen LogP contribution in [0.25, 0.3) is 10.9 Å². The number of methoxy groups -OCH3 is 2. The first kappa shape index (κ1) is 16.5. The molecule has 1 saturated heterocycles. The van der Waals surface area contributed by atoms with Gasteiger partial charge in [0.25, 0.3) is 5.91 Å². The van der Waals surface area contributed by atoms with E-state index in [0.29, 0.717) is 5.69 Å². The Morgan fingerprint density at radius 1 is 1.04 bits per heavy atom. The van der Waals surface area contributed by atoms with Crippen molar-refractivity contribution in [1.29, 1.82) is 0 Å². The fourth-order valence-corrected chi connectivity index (χ4v) is 3.69. The van der Waals surface area contributed by atoms with Gasteiger partial charge in [0.2, 0.25) is 0 Å². The van der Waals surface area contributed by atoms with Gasteiger partial charge in [-0.2, -0.15) is 0 Å². The van der Waals surface area contributed by atoms with Crippen molar-refractivity contribution < 1.29 is 14.3 Å². The summed E-state index contributed by atoms with van der Waals surface area (Å²) in [6.45, 7) is 0.772. The minimum absolute atomic E-state index is 0.0403. The summed E-state index contributed by atoms with van der Waals surface area (Å²) in [6.07, 6.45) is 1.99. The first-order valence-corrected chi connectivity index (χ1v) is 8.81. The number of nitrogens with one attached hydrogen (secondary N) is 1. The highest BCUT2D eigenvalue weighted by atomic mass is 16.5. The predicted molar refractivity (Wildman–Crippen MR) is 101 cm³/mol. The zero-order valence-corrected chi connectivity index (χ0v) is 15.0. The molecular formula is C21H22N2O3. The number of hydrogen-bond acceptors (Lipinski definition) is 3. The number of ether oxygens (including phenoxy) is 2. The van der Waals surface area contributed by atoms with Crippen molar-refractivity contribution in [3.63, 3.8) is 0 Å². The number of likely N-dealkylation sites (tertiary alicyclic amines) is 1. The molecule has 1 N–H and O–H groups in total. The van der Waals surface area contributed by atoms with Crippen LogP contribution in [0.15, 0.2) is 48.5 Å². The normalized spacial score (nSPS) is 16.8. The van der Waals surface area contributed by atoms with E-state index in [2.05, 4.69) is 4.98 Å². The highest BCUT2D eigenvalue weighted by Gasteiger charge is 2.31. The average Bonchev–Trinajstić information content (AvgIpc) is 3.33. The zero-order chi connectivity index (χ0) is 18.1. The fraction of sp³-hybridized carbons (Fsp3) is 0.286. The molecule has 2 heterocycles. The molecule has 0 saturated carbocycles. The van der Waals surface area contributed by atoms with E-state index in [4.69, 9.17) is 9.47 Å². The van der Waals surface area contributed by atoms with Crippen LogP contribution in [-0.4, -0.2) is 36.6 Å². The van der Waals surface area contributed by atoms with Crippen LogP contribution in [-0.2, 0) is 0 Å². The van der Waals surface area contributed by atoms with E-state index in [0.717, 1.165) is 47.4 Å². The number of rotatable bonds is 4. The Bertz CT molecular complexity index is 930. The van der Waals surface area contributed by atoms with Crippen LogP contribution >= 0.6 is 0 Å². The third-order valence-electron chi connectivity index (χ3n) is 5.07. The van der Waals surface area contributed by atoms with Crippen molar-refractivity contribution in [1.82, 2.24) is 9.88 Å². The van der Waals surface area contributed by atoms with Gasteiger partial charge in [-0.3, -0.25) is 4.79 Å². The van der Waals surface area contributed by atoms with Crippen LogP contribution in [0.5, 0.6) is 11.5 Å². The molecule has 0 bridgehead atoms. The van der Waals surface area contributed by atoms with Crippen LogP contribution in [0, 0.1) is 0 Å². The van der Waals surface area contributed by atoms with Gasteiger partial charge in [0.1, 0.15) is 17.2 Å². The molecule has 0 spiro atoms. The van der Waals surface area contributed by atoms with Gasteiger partial charge >= 0.3 is 0 Å². The lowest BCUT2D eigenvalue weighted by molar-refractivity contribution is 0.0730. The Balaban J connectivity index is 1.61. The molecule has 26 heavy (non-hydrogen) atoms. The summed E-state index contributed by atoms with van der Waals surface area (Å²) in [5, 5.41) is 1.01. The molecule has 134 valence electrons. The lowest BCUT2D eigenvalue weighted by Crippen LogP contribution is -2.30. The topological polar surface area (TPSA) is 54.6 Å². The molecule has 1 aromatic heterocycles. The van der Waals surface area contributed by atoms with Gasteiger partial charge in [-0.1, -0.05) is 12.1 Å². The number of benzene rings is 2. The number of H-pyrrole nitrogens is 1. The van der Waals surface area contributed by atoms with Gasteiger partial charge in [-0.05, 0) is 48.7 Å². The van der Waals surface area contributed by atoms with Crippen LogP contribution in [0.4, 0.5) is 0 Å². The molecule has 1 aliphatic rings. The average molecular weight is 350 g/mol. The second-order valence-electron chi connectivity index (χ2n) is 6.57. The van der Waals surface area contributed by atoms with Gasteiger partial charge in [0, 0.05) is 23.5 Å². The van der Waals surface area contributed by atoms with E-state index in [1.807, 2.05) is 53.4 Å². The summed E-state index contributed by atoms with van der Waals surface area (Å²) < 4.78 is 10.5. The fourth-order valence-electron chi connectivity index (χ4n) is 3.69. The molecule has 5 heteroatoms. The third-order valence-corrected chi connectivity index (χ3v) is 5.07. The standard InChI is InChI=1S/C21H22N2O3/c1-25-16-8-5-14(6-9-16)20-4-3-11-23(20)21(24)19-12-15-7-10-17(26-2)13-18(15)22-19/h5-10,12-13,20,22H,3-4,11H2,1-2H3. The Hall–Kier alpha value is -2.95. The third kappa shape index (κ3) is 2.90. The van der Waals surface area contributed by atoms with E-state index in [-0.39, 0.29) is 11.9 Å². The predicted octanol–water partition coefficient (Wildman–Crippen LogP) is 4.16. The maximum absolute atomic E-state index is 13.1. The number of amides is 1. The van der Waals surface area contributed by atoms with Crippen LogP contribution in [0.3, 0.4) is 0 Å². The van der Waals surface area contributed by atoms with Crippen molar-refractivity contribution >= 4 is 16.8 Å². The molecule has 3 aromatic rings. The highest BCUT2D eigenvalue weighted by Crippen LogP contribution is 2.34. The molecule has 1 atom stereocenters. The van der Waals surface area contributed by atoms with E-state index in [1.54, 1.807) is 14.2 Å². The maximum atomic E-state index is 13.1. The van der Waals surface area contributed by atoms with E-state index < -0.39 is 0 Å². The molecular weight excluding hydrogens is 328 g/mol. The SMILES string of the molecule is COc1ccc(C2CCCN2C(=O)c2cc3ccc(OC)cc3[nH]2)cc1. The van der Waals surface area contributed by atoms with Crippen molar-refractivity contribution in [2.45, 2.75) is 18.9 Å². The summed E-state index contributed by atoms with van der Waals surface area (Å²) >= 11 is 0. The number of carbonyl (C=O) groups is 1. The highest BCUT2D eigenvalue weighted by molar-refractivity contribution is 5.98. The van der Waals surface area contributed by atoms with Gasteiger partial charge in [-0.25, -0.2) is 0 Å². The van der Waals surface area contributed by atoms with Crippen molar-refractivity contribution in [3.8, 4) is 11.5 Å². The van der Waals surface area contributed by atoms with Crippen LogP contribution in [0.1, 0.15) is 34.9 Å². The van der Waals surface area contributed by atoms with Crippen molar-refractivity contribution in [2.24, 2.45) is 0 Å². The largest absolute Gasteiger partial charge is 0.497 e. The summed E-state index contributed by atoms with van der Waals surface area (Å²) in [7, 11) is 3.30. The number of fused-ring (bicyclic) bond motifs is 1. The van der Waals surface area contributed by atoms with Crippen molar-refractivity contribution in [3.05, 3.63) is 59.8 Å². The van der Waals surface area contributed by atoms with Gasteiger partial charge in [0.05, 0.1) is 20.3 Å². The Labute approximate surface area is 152 Å². The second kappa shape index (κ2) is 6.75. The smallest absolute Gasteiger partial charge is 0.270 e. The Kier molecular flexibility index (Phi) is 4.29. The van der Waals surface area contributed by atoms with E-state index in [1.165, 1.54) is 0 Å². The number of hydrogen-bond donors (Lipinski definition) is 1. The second-order valence-corrected chi connectivity index (χ2v) is 6.57. The molecule has 1 aliphatic heterocycles. The minimum Gasteiger partial charge on any atom is -0.497 e. The molecule has 4 rings (SSSR count). The monoisotopic (exact) mass is 350 g/mol. The van der Waals surface area contributed by atoms with E-state index >= 15 is 0 Å². The lowest BCUT2D eigenvalue weighted by atomic mass is 10.0. The molecule has 1 unspecified atom stereocenters. The van der Waals surface area contributed by atoms with Crippen LogP contribution < -0.4 is 9.47 Å². The Morgan fingerprint density at radius 2 is 1.77 bits per heavy atom. The molecule has 5 nitrogen and oxygen atoms in total. The zero-order valence-electron chi connectivity index (χ0n) is 15.0. The molecule has 1 fully saturated rings. The molecule has 2 aromatic carbocycles. The number of carbonyl (C=O) groups excluding carboxylic acids is 1. The number of aromatic amines is 1.